The first kappa shape index (κ1) is 15.6. The molecule has 1 saturated heterocycles. The molecule has 2 rings (SSSR count). The van der Waals surface area contributed by atoms with E-state index in [9.17, 15) is 18.0 Å². The second-order valence-electron chi connectivity index (χ2n) is 5.39. The van der Waals surface area contributed by atoms with Crippen LogP contribution in [0, 0.1) is 5.92 Å². The number of nitrogens with zero attached hydrogens (tertiary/aromatic N) is 3. The van der Waals surface area contributed by atoms with Gasteiger partial charge in [0, 0.05) is 33.4 Å². The number of hydrogen-bond acceptors (Lipinski definition) is 3. The van der Waals surface area contributed by atoms with Crippen molar-refractivity contribution in [2.75, 3.05) is 32.1 Å². The summed E-state index contributed by atoms with van der Waals surface area (Å²) in [6, 6.07) is 2.30. The fraction of sp³-hybridized carbons (Fsp3) is 0.571. The number of aromatic nitrogens is 1. The van der Waals surface area contributed by atoms with Gasteiger partial charge in [-0.05, 0) is 25.0 Å². The predicted octanol–water partition coefficient (Wildman–Crippen LogP) is 2.41. The van der Waals surface area contributed by atoms with E-state index in [2.05, 4.69) is 4.98 Å². The lowest BCUT2D eigenvalue weighted by molar-refractivity contribution is -0.137. The van der Waals surface area contributed by atoms with Gasteiger partial charge < -0.3 is 9.80 Å². The monoisotopic (exact) mass is 301 g/mol. The van der Waals surface area contributed by atoms with Crippen LogP contribution in [0.15, 0.2) is 18.3 Å². The first-order valence-corrected chi connectivity index (χ1v) is 6.79. The topological polar surface area (TPSA) is 36.4 Å². The van der Waals surface area contributed by atoms with Crippen molar-refractivity contribution in [3.8, 4) is 0 Å². The Hall–Kier alpha value is -1.79. The maximum Gasteiger partial charge on any atom is 0.419 e. The Balaban J connectivity index is 2.25. The third-order valence-electron chi connectivity index (χ3n) is 3.60. The normalized spacial score (nSPS) is 19.5. The SMILES string of the molecule is CN(C)C(=O)C1CCCN(c2ncccc2C(F)(F)F)C1. The van der Waals surface area contributed by atoms with Gasteiger partial charge in [0.2, 0.25) is 5.91 Å². The largest absolute Gasteiger partial charge is 0.419 e. The second kappa shape index (κ2) is 5.91. The summed E-state index contributed by atoms with van der Waals surface area (Å²) in [5, 5.41) is 0. The van der Waals surface area contributed by atoms with Gasteiger partial charge >= 0.3 is 6.18 Å². The summed E-state index contributed by atoms with van der Waals surface area (Å²) in [5.74, 6) is -0.415. The zero-order chi connectivity index (χ0) is 15.6. The van der Waals surface area contributed by atoms with Crippen molar-refractivity contribution >= 4 is 11.7 Å². The maximum atomic E-state index is 13.0. The quantitative estimate of drug-likeness (QED) is 0.841. The lowest BCUT2D eigenvalue weighted by atomic mass is 9.96. The van der Waals surface area contributed by atoms with Gasteiger partial charge in [0.1, 0.15) is 5.82 Å². The Morgan fingerprint density at radius 2 is 2.14 bits per heavy atom. The molecule has 2 heterocycles. The maximum absolute atomic E-state index is 13.0. The highest BCUT2D eigenvalue weighted by Crippen LogP contribution is 2.36. The number of piperidine rings is 1. The molecule has 0 spiro atoms. The molecule has 0 N–H and O–H groups in total. The lowest BCUT2D eigenvalue weighted by Crippen LogP contribution is -2.43. The molecule has 4 nitrogen and oxygen atoms in total. The molecule has 21 heavy (non-hydrogen) atoms. The number of halogens is 3. The van der Waals surface area contributed by atoms with E-state index in [1.54, 1.807) is 19.0 Å². The Kier molecular flexibility index (Phi) is 4.39. The minimum absolute atomic E-state index is 0.0517. The number of carbonyl (C=O) groups excluding carboxylic acids is 1. The minimum Gasteiger partial charge on any atom is -0.355 e. The van der Waals surface area contributed by atoms with Crippen molar-refractivity contribution in [1.82, 2.24) is 9.88 Å². The molecule has 1 fully saturated rings. The van der Waals surface area contributed by atoms with E-state index in [1.165, 1.54) is 17.2 Å². The van der Waals surface area contributed by atoms with Gasteiger partial charge in [0.05, 0.1) is 11.5 Å². The summed E-state index contributed by atoms with van der Waals surface area (Å²) >= 11 is 0. The second-order valence-corrected chi connectivity index (χ2v) is 5.39. The van der Waals surface area contributed by atoms with Crippen LogP contribution in [0.25, 0.3) is 0 Å². The molecule has 1 aliphatic heterocycles. The molecule has 0 bridgehead atoms. The number of hydrogen-bond donors (Lipinski definition) is 0. The fourth-order valence-corrected chi connectivity index (χ4v) is 2.61. The highest BCUT2D eigenvalue weighted by molar-refractivity contribution is 5.79. The summed E-state index contributed by atoms with van der Waals surface area (Å²) in [5.41, 5.74) is -0.747. The molecule has 0 aromatic carbocycles. The lowest BCUT2D eigenvalue weighted by Gasteiger charge is -2.35. The number of rotatable bonds is 2. The number of carbonyl (C=O) groups is 1. The van der Waals surface area contributed by atoms with Crippen molar-refractivity contribution in [2.24, 2.45) is 5.92 Å². The number of amides is 1. The molecule has 1 amide bonds. The van der Waals surface area contributed by atoms with E-state index >= 15 is 0 Å². The Bertz CT molecular complexity index is 516. The molecule has 1 atom stereocenters. The van der Waals surface area contributed by atoms with Crippen LogP contribution in [0.3, 0.4) is 0 Å². The zero-order valence-corrected chi connectivity index (χ0v) is 12.0. The number of pyridine rings is 1. The van der Waals surface area contributed by atoms with E-state index in [0.29, 0.717) is 19.4 Å². The minimum atomic E-state index is -4.44. The molecule has 7 heteroatoms. The highest BCUT2D eigenvalue weighted by Gasteiger charge is 2.37. The van der Waals surface area contributed by atoms with Crippen molar-refractivity contribution in [3.05, 3.63) is 23.9 Å². The zero-order valence-electron chi connectivity index (χ0n) is 12.0. The van der Waals surface area contributed by atoms with Gasteiger partial charge in [-0.3, -0.25) is 4.79 Å². The van der Waals surface area contributed by atoms with E-state index in [1.807, 2.05) is 0 Å². The van der Waals surface area contributed by atoms with Gasteiger partial charge in [0.25, 0.3) is 0 Å². The highest BCUT2D eigenvalue weighted by atomic mass is 19.4. The molecule has 1 aliphatic rings. The molecular formula is C14H18F3N3O. The van der Waals surface area contributed by atoms with Crippen LogP contribution in [0.1, 0.15) is 18.4 Å². The summed E-state index contributed by atoms with van der Waals surface area (Å²) < 4.78 is 39.1. The summed E-state index contributed by atoms with van der Waals surface area (Å²) in [6.45, 7) is 0.758. The first-order chi connectivity index (χ1) is 9.80. The molecule has 1 aromatic heterocycles. The van der Waals surface area contributed by atoms with Crippen LogP contribution in [0.2, 0.25) is 0 Å². The van der Waals surface area contributed by atoms with Crippen molar-refractivity contribution in [1.29, 1.82) is 0 Å². The average Bonchev–Trinajstić information content (AvgIpc) is 2.45. The third kappa shape index (κ3) is 3.46. The fourth-order valence-electron chi connectivity index (χ4n) is 2.61. The summed E-state index contributed by atoms with van der Waals surface area (Å²) in [7, 11) is 3.31. The van der Waals surface area contributed by atoms with Crippen LogP contribution < -0.4 is 4.90 Å². The van der Waals surface area contributed by atoms with Gasteiger partial charge in [-0.25, -0.2) is 4.98 Å². The smallest absolute Gasteiger partial charge is 0.355 e. The standard InChI is InChI=1S/C14H18F3N3O/c1-19(2)13(21)10-5-4-8-20(9-10)12-11(14(15,16)17)6-3-7-18-12/h3,6-7,10H,4-5,8-9H2,1-2H3. The van der Waals surface area contributed by atoms with Crippen LogP contribution in [0.5, 0.6) is 0 Å². The van der Waals surface area contributed by atoms with Crippen LogP contribution in [-0.4, -0.2) is 43.0 Å². The molecule has 0 radical (unpaired) electrons. The van der Waals surface area contributed by atoms with E-state index in [4.69, 9.17) is 0 Å². The number of alkyl halides is 3. The molecule has 1 aromatic rings. The van der Waals surface area contributed by atoms with Gasteiger partial charge in [-0.15, -0.1) is 0 Å². The van der Waals surface area contributed by atoms with Crippen LogP contribution in [-0.2, 0) is 11.0 Å². The van der Waals surface area contributed by atoms with Crippen molar-refractivity contribution in [3.63, 3.8) is 0 Å². The van der Waals surface area contributed by atoms with E-state index < -0.39 is 11.7 Å². The summed E-state index contributed by atoms with van der Waals surface area (Å²) in [4.78, 5) is 19.0. The Morgan fingerprint density at radius 3 is 2.76 bits per heavy atom. The van der Waals surface area contributed by atoms with E-state index in [0.717, 1.165) is 6.07 Å². The molecule has 0 aliphatic carbocycles. The first-order valence-electron chi connectivity index (χ1n) is 6.79. The average molecular weight is 301 g/mol. The molecule has 116 valence electrons. The van der Waals surface area contributed by atoms with Crippen LogP contribution >= 0.6 is 0 Å². The van der Waals surface area contributed by atoms with Crippen molar-refractivity contribution < 1.29 is 18.0 Å². The molecular weight excluding hydrogens is 283 g/mol. The number of anilines is 1. The van der Waals surface area contributed by atoms with Gasteiger partial charge in [0.15, 0.2) is 0 Å². The molecule has 0 saturated carbocycles. The Morgan fingerprint density at radius 1 is 1.43 bits per heavy atom. The van der Waals surface area contributed by atoms with Gasteiger partial charge in [-0.1, -0.05) is 0 Å². The Labute approximate surface area is 121 Å². The third-order valence-corrected chi connectivity index (χ3v) is 3.60. The predicted molar refractivity (Wildman–Crippen MR) is 72.9 cm³/mol. The van der Waals surface area contributed by atoms with Gasteiger partial charge in [-0.2, -0.15) is 13.2 Å². The van der Waals surface area contributed by atoms with Crippen molar-refractivity contribution in [2.45, 2.75) is 19.0 Å². The van der Waals surface area contributed by atoms with Crippen LogP contribution in [0.4, 0.5) is 19.0 Å². The summed E-state index contributed by atoms with van der Waals surface area (Å²) in [6.07, 6.45) is -1.72. The molecule has 1 unspecified atom stereocenters. The van der Waals surface area contributed by atoms with E-state index in [-0.39, 0.29) is 24.2 Å².